The van der Waals surface area contributed by atoms with Gasteiger partial charge in [0, 0.05) is 13.1 Å². The van der Waals surface area contributed by atoms with Crippen LogP contribution in [0.4, 0.5) is 0 Å². The van der Waals surface area contributed by atoms with Crippen molar-refractivity contribution in [3.05, 3.63) is 97.1 Å². The molecule has 2 aromatic rings. The van der Waals surface area contributed by atoms with E-state index in [4.69, 9.17) is 9.47 Å². The highest BCUT2D eigenvalue weighted by molar-refractivity contribution is 5.99. The van der Waals surface area contributed by atoms with Crippen LogP contribution in [0.1, 0.15) is 37.4 Å². The van der Waals surface area contributed by atoms with Crippen molar-refractivity contribution >= 4 is 17.8 Å². The maximum Gasteiger partial charge on any atom is 0.313 e. The molecule has 2 bridgehead atoms. The average molecular weight is 559 g/mol. The maximum atomic E-state index is 14.7. The van der Waals surface area contributed by atoms with Gasteiger partial charge in [0.25, 0.3) is 0 Å². The minimum atomic E-state index is -1.27. The number of esters is 1. The van der Waals surface area contributed by atoms with E-state index >= 15 is 0 Å². The van der Waals surface area contributed by atoms with Crippen LogP contribution in [0.5, 0.6) is 0 Å². The third kappa shape index (κ3) is 4.59. The standard InChI is InChI=1S/C33H38N2O6/c1-5-17-34(20-23-13-9-7-10-14-23)30(38)28-33-19-22(3)32(4,41-33)27(31(39)40-18-6-2)26(33)29(37)35(28)25(21-36)24-15-11-8-12-16-24/h5-16,22,25-28,36H,1-2,17-21H2,3-4H3/t22?,25-,26+,27-,28?,32+,33?/m1/s1. The van der Waals surface area contributed by atoms with Crippen molar-refractivity contribution < 1.29 is 29.0 Å². The number of carbonyl (C=O) groups excluding carboxylic acids is 3. The minimum Gasteiger partial charge on any atom is -0.461 e. The largest absolute Gasteiger partial charge is 0.461 e. The molecule has 2 amide bonds. The van der Waals surface area contributed by atoms with E-state index in [2.05, 4.69) is 13.2 Å². The van der Waals surface area contributed by atoms with Crippen molar-refractivity contribution in [2.75, 3.05) is 19.8 Å². The summed E-state index contributed by atoms with van der Waals surface area (Å²) in [5, 5.41) is 10.7. The molecule has 7 atom stereocenters. The molecule has 8 heteroatoms. The molecule has 3 unspecified atom stereocenters. The van der Waals surface area contributed by atoms with Crippen molar-refractivity contribution in [2.24, 2.45) is 17.8 Å². The number of aliphatic hydroxyl groups is 1. The van der Waals surface area contributed by atoms with Gasteiger partial charge in [-0.2, -0.15) is 0 Å². The summed E-state index contributed by atoms with van der Waals surface area (Å²) in [5.74, 6) is -3.21. The number of ether oxygens (including phenoxy) is 2. The van der Waals surface area contributed by atoms with Gasteiger partial charge in [0.05, 0.1) is 24.2 Å². The van der Waals surface area contributed by atoms with Gasteiger partial charge in [-0.05, 0) is 30.4 Å². The van der Waals surface area contributed by atoms with E-state index in [1.165, 1.54) is 11.0 Å². The summed E-state index contributed by atoms with van der Waals surface area (Å²) in [7, 11) is 0. The second-order valence-corrected chi connectivity index (χ2v) is 11.5. The van der Waals surface area contributed by atoms with Gasteiger partial charge in [-0.1, -0.05) is 86.3 Å². The first-order valence-corrected chi connectivity index (χ1v) is 14.1. The fourth-order valence-electron chi connectivity index (χ4n) is 7.28. The first-order valence-electron chi connectivity index (χ1n) is 14.1. The number of benzene rings is 2. The molecule has 3 heterocycles. The van der Waals surface area contributed by atoms with Crippen LogP contribution in [0.3, 0.4) is 0 Å². The Morgan fingerprint density at radius 3 is 2.41 bits per heavy atom. The minimum absolute atomic E-state index is 0.00719. The third-order valence-corrected chi connectivity index (χ3v) is 9.15. The molecule has 41 heavy (non-hydrogen) atoms. The highest BCUT2D eigenvalue weighted by Crippen LogP contribution is 2.66. The summed E-state index contributed by atoms with van der Waals surface area (Å²) in [4.78, 5) is 45.9. The number of amides is 2. The van der Waals surface area contributed by atoms with E-state index < -0.39 is 47.7 Å². The first kappa shape index (κ1) is 28.8. The molecule has 3 aliphatic rings. The Morgan fingerprint density at radius 2 is 1.80 bits per heavy atom. The average Bonchev–Trinajstić information content (AvgIpc) is 3.49. The van der Waals surface area contributed by atoms with Gasteiger partial charge in [-0.25, -0.2) is 0 Å². The second-order valence-electron chi connectivity index (χ2n) is 11.5. The van der Waals surface area contributed by atoms with Crippen LogP contribution in [0.2, 0.25) is 0 Å². The summed E-state index contributed by atoms with van der Waals surface area (Å²) in [6.07, 6.45) is 3.55. The molecule has 1 N–H and O–H groups in total. The zero-order valence-corrected chi connectivity index (χ0v) is 23.6. The van der Waals surface area contributed by atoms with Gasteiger partial charge in [0.15, 0.2) is 0 Å². The Kier molecular flexibility index (Phi) is 7.90. The molecule has 2 aromatic carbocycles. The molecule has 0 radical (unpaired) electrons. The summed E-state index contributed by atoms with van der Waals surface area (Å²) in [6, 6.07) is 16.9. The number of nitrogens with zero attached hydrogens (tertiary/aromatic N) is 2. The van der Waals surface area contributed by atoms with Crippen molar-refractivity contribution in [1.29, 1.82) is 0 Å². The van der Waals surface area contributed by atoms with Gasteiger partial charge >= 0.3 is 5.97 Å². The van der Waals surface area contributed by atoms with Crippen molar-refractivity contribution in [3.63, 3.8) is 0 Å². The lowest BCUT2D eigenvalue weighted by atomic mass is 9.62. The normalized spacial score (nSPS) is 30.5. The summed E-state index contributed by atoms with van der Waals surface area (Å²) in [5.41, 5.74) is -0.640. The number of carbonyl (C=O) groups is 3. The molecule has 216 valence electrons. The number of fused-ring (bicyclic) bond motifs is 1. The Hall–Kier alpha value is -3.75. The highest BCUT2D eigenvalue weighted by Gasteiger charge is 2.80. The predicted molar refractivity (Wildman–Crippen MR) is 153 cm³/mol. The monoisotopic (exact) mass is 558 g/mol. The van der Waals surface area contributed by atoms with Crippen molar-refractivity contribution in [3.8, 4) is 0 Å². The number of hydrogen-bond acceptors (Lipinski definition) is 6. The Morgan fingerprint density at radius 1 is 1.15 bits per heavy atom. The lowest BCUT2D eigenvalue weighted by molar-refractivity contribution is -0.163. The van der Waals surface area contributed by atoms with Gasteiger partial charge < -0.3 is 24.4 Å². The van der Waals surface area contributed by atoms with Crippen molar-refractivity contribution in [2.45, 2.75) is 50.1 Å². The topological polar surface area (TPSA) is 96.4 Å². The van der Waals surface area contributed by atoms with Crippen LogP contribution in [0.15, 0.2) is 86.0 Å². The quantitative estimate of drug-likeness (QED) is 0.334. The highest BCUT2D eigenvalue weighted by atomic mass is 16.6. The summed E-state index contributed by atoms with van der Waals surface area (Å²) in [6.45, 7) is 11.5. The SMILES string of the molecule is C=CCOC(=O)[C@H]1[C@H]2C(=O)N([C@H](CO)c3ccccc3)C(C(=O)N(CC=C)Cc3ccccc3)C23CC(C)[C@]1(C)O3. The van der Waals surface area contributed by atoms with E-state index in [0.717, 1.165) is 5.56 Å². The number of rotatable bonds is 11. The van der Waals surface area contributed by atoms with E-state index in [1.807, 2.05) is 74.5 Å². The fourth-order valence-corrected chi connectivity index (χ4v) is 7.28. The Labute approximate surface area is 241 Å². The summed E-state index contributed by atoms with van der Waals surface area (Å²) < 4.78 is 12.3. The van der Waals surface area contributed by atoms with Crippen LogP contribution >= 0.6 is 0 Å². The molecular formula is C33H38N2O6. The lowest BCUT2D eigenvalue weighted by Crippen LogP contribution is -2.57. The number of hydrogen-bond donors (Lipinski definition) is 1. The smallest absolute Gasteiger partial charge is 0.313 e. The lowest BCUT2D eigenvalue weighted by Gasteiger charge is -2.39. The molecule has 0 saturated carbocycles. The molecule has 3 fully saturated rings. The fraction of sp³-hybridized carbons (Fsp3) is 0.424. The molecule has 0 aliphatic carbocycles. The zero-order valence-electron chi connectivity index (χ0n) is 23.6. The van der Waals surface area contributed by atoms with Crippen LogP contribution in [-0.4, -0.2) is 69.7 Å². The van der Waals surface area contributed by atoms with Crippen molar-refractivity contribution in [1.82, 2.24) is 9.80 Å². The van der Waals surface area contributed by atoms with Crippen LogP contribution in [0, 0.1) is 17.8 Å². The molecular weight excluding hydrogens is 520 g/mol. The molecule has 3 aliphatic heterocycles. The van der Waals surface area contributed by atoms with Gasteiger partial charge in [0.2, 0.25) is 11.8 Å². The molecule has 8 nitrogen and oxygen atoms in total. The second kappa shape index (κ2) is 11.3. The molecule has 5 rings (SSSR count). The first-order chi connectivity index (χ1) is 19.7. The van der Waals surface area contributed by atoms with E-state index in [-0.39, 0.29) is 30.9 Å². The van der Waals surface area contributed by atoms with Crippen LogP contribution in [0.25, 0.3) is 0 Å². The van der Waals surface area contributed by atoms with E-state index in [9.17, 15) is 19.5 Å². The van der Waals surface area contributed by atoms with Crippen LogP contribution < -0.4 is 0 Å². The van der Waals surface area contributed by atoms with Gasteiger partial charge in [-0.3, -0.25) is 14.4 Å². The Balaban J connectivity index is 1.64. The molecule has 0 aromatic heterocycles. The van der Waals surface area contributed by atoms with Crippen LogP contribution in [-0.2, 0) is 30.4 Å². The van der Waals surface area contributed by atoms with E-state index in [1.54, 1.807) is 11.0 Å². The van der Waals surface area contributed by atoms with Gasteiger partial charge in [-0.15, -0.1) is 6.58 Å². The van der Waals surface area contributed by atoms with Gasteiger partial charge in [0.1, 0.15) is 24.2 Å². The number of aliphatic hydroxyl groups excluding tert-OH is 1. The van der Waals surface area contributed by atoms with E-state index in [0.29, 0.717) is 18.5 Å². The Bertz CT molecular complexity index is 1320. The summed E-state index contributed by atoms with van der Waals surface area (Å²) >= 11 is 0. The molecule has 1 spiro atoms. The maximum absolute atomic E-state index is 14.7. The molecule has 3 saturated heterocycles. The third-order valence-electron chi connectivity index (χ3n) is 9.15. The predicted octanol–water partition coefficient (Wildman–Crippen LogP) is 3.67. The number of likely N-dealkylation sites (tertiary alicyclic amines) is 1. The zero-order chi connectivity index (χ0) is 29.4.